The molecule has 140 valence electrons. The molecule has 0 fully saturated rings. The monoisotopic (exact) mass is 329 g/mol. The van der Waals surface area contributed by atoms with Gasteiger partial charge in [0.25, 0.3) is 0 Å². The van der Waals surface area contributed by atoms with Crippen LogP contribution in [0, 0.1) is 22.2 Å². The van der Waals surface area contributed by atoms with Gasteiger partial charge in [0.2, 0.25) is 0 Å². The molecule has 0 radical (unpaired) electrons. The smallest absolute Gasteiger partial charge is 0.312 e. The number of ether oxygens (including phenoxy) is 1. The molecule has 0 bridgehead atoms. The van der Waals surface area contributed by atoms with Gasteiger partial charge < -0.3 is 9.64 Å². The van der Waals surface area contributed by atoms with Gasteiger partial charge in [0.1, 0.15) is 6.61 Å². The van der Waals surface area contributed by atoms with Gasteiger partial charge in [-0.15, -0.1) is 0 Å². The summed E-state index contributed by atoms with van der Waals surface area (Å²) < 4.78 is 5.46. The second kappa shape index (κ2) is 9.66. The van der Waals surface area contributed by atoms with Crippen LogP contribution in [0.3, 0.4) is 0 Å². The van der Waals surface area contributed by atoms with Gasteiger partial charge in [-0.3, -0.25) is 4.79 Å². The number of carbonyl (C=O) groups is 1. The highest BCUT2D eigenvalue weighted by Gasteiger charge is 2.45. The highest BCUT2D eigenvalue weighted by molar-refractivity contribution is 5.77. The molecule has 0 aliphatic rings. The summed E-state index contributed by atoms with van der Waals surface area (Å²) in [4.78, 5) is 14.4. The van der Waals surface area contributed by atoms with Crippen molar-refractivity contribution in [2.45, 2.75) is 75.7 Å². The first-order valence-corrected chi connectivity index (χ1v) is 8.82. The lowest BCUT2D eigenvalue weighted by Crippen LogP contribution is -2.43. The molecule has 0 aliphatic carbocycles. The van der Waals surface area contributed by atoms with Crippen LogP contribution in [-0.2, 0) is 9.53 Å². The van der Waals surface area contributed by atoms with E-state index in [9.17, 15) is 4.79 Å². The van der Waals surface area contributed by atoms with Crippen molar-refractivity contribution in [1.82, 2.24) is 4.90 Å². The largest absolute Gasteiger partial charge is 0.464 e. The first-order chi connectivity index (χ1) is 10.0. The number of esters is 1. The summed E-state index contributed by atoms with van der Waals surface area (Å²) in [5.41, 5.74) is -0.0139. The Labute approximate surface area is 146 Å². The molecule has 0 N–H and O–H groups in total. The Morgan fingerprint density at radius 2 is 1.35 bits per heavy atom. The predicted octanol–water partition coefficient (Wildman–Crippen LogP) is 5.24. The normalized spacial score (nSPS) is 15.0. The zero-order valence-electron chi connectivity index (χ0n) is 18.0. The minimum Gasteiger partial charge on any atom is -0.464 e. The summed E-state index contributed by atoms with van der Waals surface area (Å²) in [6, 6.07) is 0. The van der Waals surface area contributed by atoms with Gasteiger partial charge in [-0.2, -0.15) is 0 Å². The van der Waals surface area contributed by atoms with Crippen LogP contribution in [0.2, 0.25) is 0 Å². The van der Waals surface area contributed by atoms with Gasteiger partial charge in [0, 0.05) is 6.54 Å². The van der Waals surface area contributed by atoms with E-state index in [0.29, 0.717) is 17.9 Å². The zero-order valence-corrected chi connectivity index (χ0v) is 18.0. The van der Waals surface area contributed by atoms with Crippen molar-refractivity contribution >= 4 is 5.97 Å². The molecule has 0 spiro atoms. The van der Waals surface area contributed by atoms with E-state index in [2.05, 4.69) is 62.3 Å². The molecule has 0 heterocycles. The molecular weight excluding hydrogens is 286 g/mol. The predicted molar refractivity (Wildman–Crippen MR) is 102 cm³/mol. The average molecular weight is 330 g/mol. The van der Waals surface area contributed by atoms with E-state index in [0.717, 1.165) is 13.0 Å². The quantitative estimate of drug-likeness (QED) is 0.624. The van der Waals surface area contributed by atoms with Gasteiger partial charge in [0.05, 0.1) is 5.41 Å². The van der Waals surface area contributed by atoms with Crippen LogP contribution in [-0.4, -0.2) is 38.1 Å². The van der Waals surface area contributed by atoms with Crippen LogP contribution in [0.5, 0.6) is 0 Å². The van der Waals surface area contributed by atoms with Crippen molar-refractivity contribution in [3.8, 4) is 0 Å². The number of likely N-dealkylation sites (N-methyl/N-ethyl adjacent to an activating group) is 1. The molecule has 1 atom stereocenters. The minimum absolute atomic E-state index is 0.0643. The van der Waals surface area contributed by atoms with Crippen molar-refractivity contribution in [3.63, 3.8) is 0 Å². The average Bonchev–Trinajstić information content (AvgIpc) is 2.23. The van der Waals surface area contributed by atoms with Crippen LogP contribution < -0.4 is 0 Å². The Morgan fingerprint density at radius 3 is 1.61 bits per heavy atom. The SMILES string of the molecule is CC(C)(C)C.CC(C)CC(C)(C(=O)OCCN(C)C)C(C)(C)C. The standard InChI is InChI=1S/C15H31NO2.C5H12/c1-12(2)11-15(6,14(3,4)5)13(17)18-10-9-16(7)8;1-5(2,3)4/h12H,9-11H2,1-8H3;1-4H3. The van der Waals surface area contributed by atoms with Crippen LogP contribution in [0.4, 0.5) is 0 Å². The summed E-state index contributed by atoms with van der Waals surface area (Å²) in [6.45, 7) is 22.7. The number of rotatable bonds is 6. The Bertz CT molecular complexity index is 329. The summed E-state index contributed by atoms with van der Waals surface area (Å²) in [5.74, 6) is 0.418. The van der Waals surface area contributed by atoms with E-state index in [1.165, 1.54) is 0 Å². The minimum atomic E-state index is -0.423. The molecule has 0 amide bonds. The summed E-state index contributed by atoms with van der Waals surface area (Å²) in [5, 5.41) is 0. The highest BCUT2D eigenvalue weighted by atomic mass is 16.5. The van der Waals surface area contributed by atoms with Crippen LogP contribution in [0.25, 0.3) is 0 Å². The van der Waals surface area contributed by atoms with E-state index >= 15 is 0 Å². The molecule has 0 saturated heterocycles. The maximum absolute atomic E-state index is 12.4. The number of hydrogen-bond acceptors (Lipinski definition) is 3. The Balaban J connectivity index is 0. The molecule has 0 aromatic carbocycles. The van der Waals surface area contributed by atoms with Crippen LogP contribution in [0.15, 0.2) is 0 Å². The van der Waals surface area contributed by atoms with Gasteiger partial charge in [-0.25, -0.2) is 0 Å². The Kier molecular flexibility index (Phi) is 10.4. The molecule has 0 aromatic rings. The molecule has 0 rings (SSSR count). The van der Waals surface area contributed by atoms with E-state index in [1.807, 2.05) is 25.9 Å². The second-order valence-corrected chi connectivity index (χ2v) is 10.1. The van der Waals surface area contributed by atoms with E-state index in [4.69, 9.17) is 4.74 Å². The Morgan fingerprint density at radius 1 is 0.957 bits per heavy atom. The van der Waals surface area contributed by atoms with Gasteiger partial charge >= 0.3 is 5.97 Å². The van der Waals surface area contributed by atoms with Crippen molar-refractivity contribution in [3.05, 3.63) is 0 Å². The summed E-state index contributed by atoms with van der Waals surface area (Å²) in [7, 11) is 3.95. The lowest BCUT2D eigenvalue weighted by molar-refractivity contribution is -0.163. The third kappa shape index (κ3) is 12.5. The fourth-order valence-electron chi connectivity index (χ4n) is 1.99. The topological polar surface area (TPSA) is 29.5 Å². The van der Waals surface area contributed by atoms with Gasteiger partial charge in [-0.05, 0) is 44.2 Å². The van der Waals surface area contributed by atoms with Crippen molar-refractivity contribution in [1.29, 1.82) is 0 Å². The summed E-state index contributed by atoms with van der Waals surface area (Å²) in [6.07, 6.45) is 0.858. The van der Waals surface area contributed by atoms with Crippen molar-refractivity contribution < 1.29 is 9.53 Å². The lowest BCUT2D eigenvalue weighted by Gasteiger charge is -2.40. The van der Waals surface area contributed by atoms with E-state index in [-0.39, 0.29) is 11.4 Å². The molecule has 3 heteroatoms. The molecule has 0 aliphatic heterocycles. The lowest BCUT2D eigenvalue weighted by atomic mass is 9.64. The maximum Gasteiger partial charge on any atom is 0.312 e. The van der Waals surface area contributed by atoms with Crippen LogP contribution in [0.1, 0.15) is 75.7 Å². The third-order valence-electron chi connectivity index (χ3n) is 3.69. The van der Waals surface area contributed by atoms with Crippen LogP contribution >= 0.6 is 0 Å². The molecule has 0 saturated carbocycles. The fraction of sp³-hybridized carbons (Fsp3) is 0.950. The third-order valence-corrected chi connectivity index (χ3v) is 3.69. The first kappa shape index (κ1) is 24.7. The summed E-state index contributed by atoms with van der Waals surface area (Å²) >= 11 is 0. The molecular formula is C20H43NO2. The number of carbonyl (C=O) groups excluding carboxylic acids is 1. The van der Waals surface area contributed by atoms with Crippen molar-refractivity contribution in [2.75, 3.05) is 27.2 Å². The maximum atomic E-state index is 12.4. The number of nitrogens with zero attached hydrogens (tertiary/aromatic N) is 1. The molecule has 3 nitrogen and oxygen atoms in total. The number of hydrogen-bond donors (Lipinski definition) is 0. The van der Waals surface area contributed by atoms with Crippen molar-refractivity contribution in [2.24, 2.45) is 22.2 Å². The molecule has 1 unspecified atom stereocenters. The molecule has 23 heavy (non-hydrogen) atoms. The zero-order chi connectivity index (χ0) is 19.1. The van der Waals surface area contributed by atoms with Gasteiger partial charge in [-0.1, -0.05) is 62.3 Å². The highest BCUT2D eigenvalue weighted by Crippen LogP contribution is 2.44. The Hall–Kier alpha value is -0.570. The second-order valence-electron chi connectivity index (χ2n) is 10.1. The molecule has 0 aromatic heterocycles. The first-order valence-electron chi connectivity index (χ1n) is 8.82. The fourth-order valence-corrected chi connectivity index (χ4v) is 1.99. The van der Waals surface area contributed by atoms with Gasteiger partial charge in [0.15, 0.2) is 0 Å². The van der Waals surface area contributed by atoms with E-state index < -0.39 is 5.41 Å². The van der Waals surface area contributed by atoms with E-state index in [1.54, 1.807) is 0 Å².